The fourth-order valence-electron chi connectivity index (χ4n) is 3.60. The molecule has 0 amide bonds. The fraction of sp³-hybridized carbons (Fsp3) is 0.455. The van der Waals surface area contributed by atoms with Crippen LogP contribution in [0.4, 0.5) is 26.3 Å². The van der Waals surface area contributed by atoms with E-state index in [0.29, 0.717) is 11.1 Å². The van der Waals surface area contributed by atoms with Crippen LogP contribution in [0.3, 0.4) is 0 Å². The Bertz CT molecular complexity index is 1040. The molecule has 1 aliphatic heterocycles. The van der Waals surface area contributed by atoms with Crippen molar-refractivity contribution < 1.29 is 35.8 Å². The molecule has 0 saturated heterocycles. The second kappa shape index (κ2) is 8.51. The highest BCUT2D eigenvalue weighted by atomic mass is 19.4. The van der Waals surface area contributed by atoms with Crippen LogP contribution in [0, 0.1) is 5.82 Å². The van der Waals surface area contributed by atoms with Crippen LogP contribution in [0.2, 0.25) is 0 Å². The molecule has 0 bridgehead atoms. The van der Waals surface area contributed by atoms with Crippen LogP contribution in [-0.2, 0) is 16.7 Å². The maximum Gasteiger partial charge on any atom is 0.422 e. The molecule has 0 unspecified atom stereocenters. The van der Waals surface area contributed by atoms with Crippen molar-refractivity contribution in [2.75, 3.05) is 13.2 Å². The molecule has 0 spiro atoms. The molecule has 2 N–H and O–H groups in total. The highest BCUT2D eigenvalue weighted by Gasteiger charge is 2.63. The summed E-state index contributed by atoms with van der Waals surface area (Å²) in [4.78, 5) is 7.76. The number of nitrogens with zero attached hydrogens (tertiary/aromatic N) is 2. The minimum atomic E-state index is -4.49. The molecule has 0 aliphatic carbocycles. The van der Waals surface area contributed by atoms with Gasteiger partial charge in [0.2, 0.25) is 5.88 Å². The van der Waals surface area contributed by atoms with Gasteiger partial charge in [-0.25, -0.2) is 18.2 Å². The minimum absolute atomic E-state index is 0.153. The van der Waals surface area contributed by atoms with Crippen molar-refractivity contribution in [2.24, 2.45) is 10.7 Å². The molecule has 33 heavy (non-hydrogen) atoms. The molecular weight excluding hydrogens is 452 g/mol. The smallest absolute Gasteiger partial charge is 0.422 e. The summed E-state index contributed by atoms with van der Waals surface area (Å²) in [5, 5.41) is 0. The molecule has 1 aromatic carbocycles. The number of hydrogen-bond acceptors (Lipinski definition) is 5. The van der Waals surface area contributed by atoms with E-state index in [0.717, 1.165) is 13.0 Å². The average Bonchev–Trinajstić information content (AvgIpc) is 2.77. The quantitative estimate of drug-likeness (QED) is 0.633. The maximum absolute atomic E-state index is 15.5. The lowest BCUT2D eigenvalue weighted by molar-refractivity contribution is -0.214. The van der Waals surface area contributed by atoms with E-state index in [1.54, 1.807) is 0 Å². The summed E-state index contributed by atoms with van der Waals surface area (Å²) in [6.07, 6.45) is -3.04. The number of halogens is 6. The van der Waals surface area contributed by atoms with E-state index in [1.807, 2.05) is 0 Å². The third-order valence-electron chi connectivity index (χ3n) is 5.46. The number of alkyl halides is 5. The third-order valence-corrected chi connectivity index (χ3v) is 5.46. The number of aromatic nitrogens is 1. The Kier molecular flexibility index (Phi) is 6.40. The van der Waals surface area contributed by atoms with Crippen LogP contribution in [0.1, 0.15) is 37.5 Å². The van der Waals surface area contributed by atoms with Gasteiger partial charge in [-0.15, -0.1) is 0 Å². The van der Waals surface area contributed by atoms with E-state index in [4.69, 9.17) is 10.5 Å². The highest BCUT2D eigenvalue weighted by Crippen LogP contribution is 2.50. The minimum Gasteiger partial charge on any atom is -0.468 e. The molecule has 180 valence electrons. The van der Waals surface area contributed by atoms with Gasteiger partial charge in [0.1, 0.15) is 23.9 Å². The van der Waals surface area contributed by atoms with E-state index in [-0.39, 0.29) is 30.3 Å². The molecule has 2 aromatic rings. The Morgan fingerprint density at radius 1 is 1.09 bits per heavy atom. The normalized spacial score (nSPS) is 22.4. The Morgan fingerprint density at radius 3 is 2.36 bits per heavy atom. The summed E-state index contributed by atoms with van der Waals surface area (Å²) in [7, 11) is 0. The van der Waals surface area contributed by atoms with Crippen LogP contribution >= 0.6 is 0 Å². The molecule has 1 atom stereocenters. The van der Waals surface area contributed by atoms with E-state index < -0.39 is 35.7 Å². The zero-order valence-corrected chi connectivity index (χ0v) is 18.1. The van der Waals surface area contributed by atoms with Crippen molar-refractivity contribution in [3.8, 4) is 5.88 Å². The first-order valence-electron chi connectivity index (χ1n) is 9.94. The maximum atomic E-state index is 15.5. The van der Waals surface area contributed by atoms with Crippen LogP contribution in [-0.4, -0.2) is 41.7 Å². The second-order valence-electron chi connectivity index (χ2n) is 8.45. The zero-order chi connectivity index (χ0) is 24.7. The number of amidine groups is 1. The first-order chi connectivity index (χ1) is 15.1. The number of pyridine rings is 1. The molecule has 3 rings (SSSR count). The summed E-state index contributed by atoms with van der Waals surface area (Å²) >= 11 is 0. The number of benzene rings is 1. The van der Waals surface area contributed by atoms with Gasteiger partial charge in [-0.2, -0.15) is 13.2 Å². The van der Waals surface area contributed by atoms with Gasteiger partial charge >= 0.3 is 12.1 Å². The van der Waals surface area contributed by atoms with Gasteiger partial charge in [0.05, 0.1) is 0 Å². The van der Waals surface area contributed by atoms with E-state index in [9.17, 15) is 17.6 Å². The van der Waals surface area contributed by atoms with Gasteiger partial charge < -0.3 is 15.2 Å². The van der Waals surface area contributed by atoms with E-state index >= 15 is 8.78 Å². The molecule has 0 fully saturated rings. The van der Waals surface area contributed by atoms with Crippen molar-refractivity contribution in [2.45, 2.75) is 50.4 Å². The Hall–Kier alpha value is -2.82. The molecule has 1 aromatic heterocycles. The van der Waals surface area contributed by atoms with E-state index in [2.05, 4.69) is 14.7 Å². The summed E-state index contributed by atoms with van der Waals surface area (Å²) in [5.74, 6) is -4.91. The summed E-state index contributed by atoms with van der Waals surface area (Å²) in [6.45, 7) is 1.68. The lowest BCUT2D eigenvalue weighted by Gasteiger charge is -2.42. The van der Waals surface area contributed by atoms with Crippen molar-refractivity contribution >= 4 is 5.84 Å². The molecule has 0 saturated carbocycles. The van der Waals surface area contributed by atoms with Gasteiger partial charge in [0, 0.05) is 17.8 Å². The first-order valence-corrected chi connectivity index (χ1v) is 9.94. The highest BCUT2D eigenvalue weighted by molar-refractivity contribution is 5.82. The Balaban J connectivity index is 1.91. The Labute approximate surface area is 186 Å². The molecule has 5 nitrogen and oxygen atoms in total. The Morgan fingerprint density at radius 2 is 1.76 bits per heavy atom. The summed E-state index contributed by atoms with van der Waals surface area (Å²) in [5.41, 5.74) is 2.08. The van der Waals surface area contributed by atoms with Crippen LogP contribution in [0.5, 0.6) is 5.88 Å². The monoisotopic (exact) mass is 475 g/mol. The molecular formula is C22H23F6N3O2. The SMILES string of the molecule is CC1(C)OCC(N)=N[C@](C)(c2cc(Cc3ccc(OCC(F)(F)F)nc3)ccc2F)C1(F)F. The summed E-state index contributed by atoms with van der Waals surface area (Å²) < 4.78 is 92.4. The predicted molar refractivity (Wildman–Crippen MR) is 109 cm³/mol. The predicted octanol–water partition coefficient (Wildman–Crippen LogP) is 4.77. The number of rotatable bonds is 5. The van der Waals surface area contributed by atoms with Crippen LogP contribution in [0.25, 0.3) is 0 Å². The number of hydrogen-bond donors (Lipinski definition) is 1. The average molecular weight is 475 g/mol. The van der Waals surface area contributed by atoms with Crippen molar-refractivity contribution in [1.82, 2.24) is 4.98 Å². The largest absolute Gasteiger partial charge is 0.468 e. The van der Waals surface area contributed by atoms with Gasteiger partial charge in [-0.1, -0.05) is 12.1 Å². The molecule has 2 heterocycles. The third kappa shape index (κ3) is 5.07. The first kappa shape index (κ1) is 24.8. The van der Waals surface area contributed by atoms with E-state index in [1.165, 1.54) is 44.3 Å². The molecule has 1 aliphatic rings. The standard InChI is InChI=1S/C22H23F6N3O2/c1-19(2)22(27,28)20(3,31-17(29)11-33-19)15-9-13(4-6-16(15)23)8-14-5-7-18(30-10-14)32-12-21(24,25)26/h4-7,9-10H,8,11-12H2,1-3H3,(H2,29,31)/t20-/m1/s1. The van der Waals surface area contributed by atoms with Gasteiger partial charge in [-0.05, 0) is 50.5 Å². The lowest BCUT2D eigenvalue weighted by Crippen LogP contribution is -2.56. The molecule has 0 radical (unpaired) electrons. The zero-order valence-electron chi connectivity index (χ0n) is 18.1. The van der Waals surface area contributed by atoms with Crippen LogP contribution < -0.4 is 10.5 Å². The fourth-order valence-corrected chi connectivity index (χ4v) is 3.60. The van der Waals surface area contributed by atoms with Gasteiger partial charge in [0.25, 0.3) is 0 Å². The van der Waals surface area contributed by atoms with Gasteiger partial charge in [-0.3, -0.25) is 4.99 Å². The molecule has 11 heteroatoms. The number of nitrogens with two attached hydrogens (primary N) is 1. The van der Waals surface area contributed by atoms with Crippen molar-refractivity contribution in [3.63, 3.8) is 0 Å². The summed E-state index contributed by atoms with van der Waals surface area (Å²) in [6, 6.07) is 6.49. The topological polar surface area (TPSA) is 69.7 Å². The van der Waals surface area contributed by atoms with Crippen LogP contribution in [0.15, 0.2) is 41.5 Å². The number of ether oxygens (including phenoxy) is 2. The van der Waals surface area contributed by atoms with Gasteiger partial charge in [0.15, 0.2) is 12.1 Å². The van der Waals surface area contributed by atoms with Crippen molar-refractivity contribution in [3.05, 3.63) is 59.0 Å². The lowest BCUT2D eigenvalue weighted by atomic mass is 9.77. The number of aliphatic imine (C=N–C) groups is 1. The van der Waals surface area contributed by atoms with Crippen molar-refractivity contribution in [1.29, 1.82) is 0 Å². The second-order valence-corrected chi connectivity index (χ2v) is 8.45.